The van der Waals surface area contributed by atoms with Gasteiger partial charge in [0.25, 0.3) is 5.91 Å². The van der Waals surface area contributed by atoms with Crippen molar-refractivity contribution in [3.63, 3.8) is 0 Å². The Kier molecular flexibility index (Phi) is 5.29. The Hall–Kier alpha value is -2.71. The molecular weight excluding hydrogens is 366 g/mol. The van der Waals surface area contributed by atoms with Gasteiger partial charge >= 0.3 is 0 Å². The highest BCUT2D eigenvalue weighted by Crippen LogP contribution is 2.24. The van der Waals surface area contributed by atoms with E-state index in [-0.39, 0.29) is 22.4 Å². The Labute approximate surface area is 158 Å². The van der Waals surface area contributed by atoms with Crippen LogP contribution in [0.25, 0.3) is 0 Å². The van der Waals surface area contributed by atoms with Crippen LogP contribution in [0, 0.1) is 6.92 Å². The van der Waals surface area contributed by atoms with Gasteiger partial charge in [0.2, 0.25) is 15.9 Å². The van der Waals surface area contributed by atoms with Crippen LogP contribution >= 0.6 is 0 Å². The van der Waals surface area contributed by atoms with Crippen LogP contribution in [0.2, 0.25) is 0 Å². The average Bonchev–Trinajstić information content (AvgIpc) is 3.41. The molecule has 0 aromatic heterocycles. The lowest BCUT2D eigenvalue weighted by molar-refractivity contribution is -0.114. The summed E-state index contributed by atoms with van der Waals surface area (Å²) in [7, 11) is -3.63. The van der Waals surface area contributed by atoms with E-state index in [1.54, 1.807) is 24.3 Å². The Balaban J connectivity index is 1.80. The summed E-state index contributed by atoms with van der Waals surface area (Å²) >= 11 is 0. The van der Waals surface area contributed by atoms with Crippen molar-refractivity contribution in [2.24, 2.45) is 0 Å². The molecule has 0 heterocycles. The van der Waals surface area contributed by atoms with Gasteiger partial charge < -0.3 is 10.6 Å². The van der Waals surface area contributed by atoms with Gasteiger partial charge in [0.05, 0.1) is 4.90 Å². The van der Waals surface area contributed by atoms with Crippen molar-refractivity contribution < 1.29 is 18.0 Å². The fourth-order valence-corrected chi connectivity index (χ4v) is 3.88. The molecule has 27 heavy (non-hydrogen) atoms. The fourth-order valence-electron chi connectivity index (χ4n) is 2.53. The van der Waals surface area contributed by atoms with Gasteiger partial charge in [-0.05, 0) is 55.7 Å². The molecule has 0 spiro atoms. The summed E-state index contributed by atoms with van der Waals surface area (Å²) < 4.78 is 27.3. The molecule has 0 radical (unpaired) electrons. The molecule has 2 aromatic rings. The van der Waals surface area contributed by atoms with Crippen LogP contribution in [0.1, 0.15) is 35.7 Å². The maximum atomic E-state index is 12.6. The maximum Gasteiger partial charge on any atom is 0.255 e. The molecule has 3 N–H and O–H groups in total. The van der Waals surface area contributed by atoms with E-state index >= 15 is 0 Å². The second kappa shape index (κ2) is 7.50. The molecule has 1 saturated carbocycles. The number of aryl methyl sites for hydroxylation is 1. The molecule has 142 valence electrons. The third-order valence-electron chi connectivity index (χ3n) is 4.11. The van der Waals surface area contributed by atoms with E-state index in [0.717, 1.165) is 18.4 Å². The first-order valence-corrected chi connectivity index (χ1v) is 10.0. The number of nitrogens with one attached hydrogen (secondary N) is 3. The molecule has 2 amide bonds. The normalized spacial score (nSPS) is 13.9. The predicted octanol–water partition coefficient (Wildman–Crippen LogP) is 2.65. The smallest absolute Gasteiger partial charge is 0.255 e. The number of rotatable bonds is 6. The van der Waals surface area contributed by atoms with Crippen LogP contribution < -0.4 is 15.4 Å². The van der Waals surface area contributed by atoms with Crippen molar-refractivity contribution in [3.05, 3.63) is 53.6 Å². The number of carbonyl (C=O) groups is 2. The summed E-state index contributed by atoms with van der Waals surface area (Å²) in [4.78, 5) is 23.9. The van der Waals surface area contributed by atoms with Crippen LogP contribution in [0.15, 0.2) is 47.4 Å². The number of carbonyl (C=O) groups excluding carboxylic acids is 2. The van der Waals surface area contributed by atoms with E-state index in [9.17, 15) is 18.0 Å². The lowest BCUT2D eigenvalue weighted by atomic mass is 10.1. The minimum atomic E-state index is -3.63. The van der Waals surface area contributed by atoms with Crippen LogP contribution in [-0.2, 0) is 14.8 Å². The second-order valence-electron chi connectivity index (χ2n) is 6.59. The quantitative estimate of drug-likeness (QED) is 0.709. The minimum absolute atomic E-state index is 0.00773. The predicted molar refractivity (Wildman–Crippen MR) is 103 cm³/mol. The molecule has 2 aromatic carbocycles. The summed E-state index contributed by atoms with van der Waals surface area (Å²) in [5, 5.41) is 5.43. The molecule has 1 fully saturated rings. The molecular formula is C19H21N3O4S. The maximum absolute atomic E-state index is 12.6. The first kappa shape index (κ1) is 19.1. The molecule has 1 aliphatic carbocycles. The Morgan fingerprint density at radius 1 is 1.04 bits per heavy atom. The largest absolute Gasteiger partial charge is 0.326 e. The second-order valence-corrected chi connectivity index (χ2v) is 8.30. The van der Waals surface area contributed by atoms with Gasteiger partial charge in [-0.25, -0.2) is 13.1 Å². The summed E-state index contributed by atoms with van der Waals surface area (Å²) in [5.74, 6) is -0.640. The molecule has 3 rings (SSSR count). The summed E-state index contributed by atoms with van der Waals surface area (Å²) in [6.07, 6.45) is 1.67. The van der Waals surface area contributed by atoms with E-state index < -0.39 is 15.9 Å². The van der Waals surface area contributed by atoms with Crippen LogP contribution in [0.3, 0.4) is 0 Å². The number of anilines is 2. The van der Waals surface area contributed by atoms with Crippen molar-refractivity contribution in [1.82, 2.24) is 4.72 Å². The van der Waals surface area contributed by atoms with Crippen LogP contribution in [-0.4, -0.2) is 26.3 Å². The Bertz CT molecular complexity index is 998. The van der Waals surface area contributed by atoms with Gasteiger partial charge in [-0.15, -0.1) is 0 Å². The molecule has 8 heteroatoms. The van der Waals surface area contributed by atoms with E-state index in [0.29, 0.717) is 11.4 Å². The van der Waals surface area contributed by atoms with Gasteiger partial charge in [0.15, 0.2) is 0 Å². The molecule has 0 saturated heterocycles. The molecule has 0 unspecified atom stereocenters. The number of benzene rings is 2. The van der Waals surface area contributed by atoms with E-state index in [1.165, 1.54) is 25.1 Å². The Morgan fingerprint density at radius 3 is 2.44 bits per heavy atom. The third-order valence-corrected chi connectivity index (χ3v) is 5.63. The van der Waals surface area contributed by atoms with Crippen molar-refractivity contribution >= 4 is 33.2 Å². The first-order chi connectivity index (χ1) is 12.7. The number of hydrogen-bond acceptors (Lipinski definition) is 4. The lowest BCUT2D eigenvalue weighted by Gasteiger charge is -2.12. The standard InChI is InChI=1S/C19H21N3O4S/c1-12-6-7-16(20-13(2)23)11-18(12)21-19(24)14-4-3-5-17(10-14)27(25,26)22-15-8-9-15/h3-7,10-11,15,22H,8-9H2,1-2H3,(H,20,23)(H,21,24). The highest BCUT2D eigenvalue weighted by atomic mass is 32.2. The average molecular weight is 387 g/mol. The van der Waals surface area contributed by atoms with Gasteiger partial charge in [-0.3, -0.25) is 9.59 Å². The van der Waals surface area contributed by atoms with Crippen molar-refractivity contribution in [3.8, 4) is 0 Å². The van der Waals surface area contributed by atoms with Crippen molar-refractivity contribution in [2.75, 3.05) is 10.6 Å². The van der Waals surface area contributed by atoms with E-state index in [1.807, 2.05) is 6.92 Å². The van der Waals surface area contributed by atoms with Gasteiger partial charge in [0.1, 0.15) is 0 Å². The van der Waals surface area contributed by atoms with E-state index in [2.05, 4.69) is 15.4 Å². The number of sulfonamides is 1. The monoisotopic (exact) mass is 387 g/mol. The third kappa shape index (κ3) is 4.93. The van der Waals surface area contributed by atoms with Crippen molar-refractivity contribution in [1.29, 1.82) is 0 Å². The van der Waals surface area contributed by atoms with Crippen LogP contribution in [0.4, 0.5) is 11.4 Å². The highest BCUT2D eigenvalue weighted by Gasteiger charge is 2.28. The first-order valence-electron chi connectivity index (χ1n) is 8.56. The van der Waals surface area contributed by atoms with Gasteiger partial charge in [-0.2, -0.15) is 0 Å². The molecule has 0 bridgehead atoms. The number of hydrogen-bond donors (Lipinski definition) is 3. The SMILES string of the molecule is CC(=O)Nc1ccc(C)c(NC(=O)c2cccc(S(=O)(=O)NC3CC3)c2)c1. The lowest BCUT2D eigenvalue weighted by Crippen LogP contribution is -2.26. The molecule has 1 aliphatic rings. The topological polar surface area (TPSA) is 104 Å². The van der Waals surface area contributed by atoms with Crippen LogP contribution in [0.5, 0.6) is 0 Å². The highest BCUT2D eigenvalue weighted by molar-refractivity contribution is 7.89. The summed E-state index contributed by atoms with van der Waals surface area (Å²) in [6, 6.07) is 11.1. The van der Waals surface area contributed by atoms with E-state index in [4.69, 9.17) is 0 Å². The zero-order valence-corrected chi connectivity index (χ0v) is 15.9. The fraction of sp³-hybridized carbons (Fsp3) is 0.263. The zero-order chi connectivity index (χ0) is 19.6. The van der Waals surface area contributed by atoms with Gasteiger partial charge in [-0.1, -0.05) is 12.1 Å². The molecule has 0 atom stereocenters. The molecule has 0 aliphatic heterocycles. The minimum Gasteiger partial charge on any atom is -0.326 e. The van der Waals surface area contributed by atoms with Gasteiger partial charge in [0, 0.05) is 29.9 Å². The Morgan fingerprint density at radius 2 is 1.78 bits per heavy atom. The van der Waals surface area contributed by atoms with Crippen molar-refractivity contribution in [2.45, 2.75) is 37.6 Å². The molecule has 7 nitrogen and oxygen atoms in total. The summed E-state index contributed by atoms with van der Waals surface area (Å²) in [5.41, 5.74) is 2.15. The zero-order valence-electron chi connectivity index (χ0n) is 15.1. The number of amides is 2. The summed E-state index contributed by atoms with van der Waals surface area (Å²) in [6.45, 7) is 3.23.